The van der Waals surface area contributed by atoms with Crippen molar-refractivity contribution in [3.05, 3.63) is 48.7 Å². The first-order chi connectivity index (χ1) is 14.6. The summed E-state index contributed by atoms with van der Waals surface area (Å²) in [6.45, 7) is 12.0. The van der Waals surface area contributed by atoms with Gasteiger partial charge in [0.25, 0.3) is 0 Å². The van der Waals surface area contributed by atoms with Crippen molar-refractivity contribution in [2.45, 2.75) is 136 Å². The molecule has 0 radical (unpaired) electrons. The van der Waals surface area contributed by atoms with Crippen molar-refractivity contribution in [3.63, 3.8) is 0 Å². The third-order valence-corrected chi connectivity index (χ3v) is 6.59. The maximum absolute atomic E-state index is 4.07. The van der Waals surface area contributed by atoms with Crippen LogP contribution in [0, 0.1) is 0 Å². The summed E-state index contributed by atoms with van der Waals surface area (Å²) in [7, 11) is 0. The van der Waals surface area contributed by atoms with Crippen LogP contribution in [-0.4, -0.2) is 10.4 Å². The van der Waals surface area contributed by atoms with Gasteiger partial charge in [0.2, 0.25) is 0 Å². The van der Waals surface area contributed by atoms with Gasteiger partial charge in [0.05, 0.1) is 0 Å². The predicted octanol–water partition coefficient (Wildman–Crippen LogP) is 10.1. The molecule has 1 aromatic carbocycles. The molecule has 0 N–H and O–H groups in total. The highest BCUT2D eigenvalue weighted by atomic mass is 35.5. The van der Waals surface area contributed by atoms with E-state index in [-0.39, 0.29) is 17.9 Å². The molecule has 0 aliphatic carbocycles. The largest absolute Gasteiger partial charge is 0.369 e. The number of unbranched alkanes of at least 4 members (excludes halogenated alkanes) is 14. The molecular weight excluding hydrogens is 398 g/mol. The van der Waals surface area contributed by atoms with Gasteiger partial charge in [-0.1, -0.05) is 140 Å². The average Bonchev–Trinajstić information content (AvgIpc) is 2.75. The highest BCUT2D eigenvalue weighted by Gasteiger charge is 2.23. The Labute approximate surface area is 201 Å². The number of rotatable bonds is 20. The van der Waals surface area contributed by atoms with E-state index >= 15 is 0 Å². The monoisotopic (exact) mass is 449 g/mol. The maximum Gasteiger partial charge on any atom is 0.0429 e. The Balaban J connectivity index is 0.00000900. The van der Waals surface area contributed by atoms with Crippen LogP contribution in [0.2, 0.25) is 0 Å². The Bertz CT molecular complexity index is 511. The minimum absolute atomic E-state index is 0. The van der Waals surface area contributed by atoms with Crippen molar-refractivity contribution >= 4 is 12.4 Å². The topological polar surface area (TPSA) is 3.24 Å². The summed E-state index contributed by atoms with van der Waals surface area (Å²) in [5, 5.41) is 0. The van der Waals surface area contributed by atoms with Gasteiger partial charge in [-0.05, 0) is 32.0 Å². The van der Waals surface area contributed by atoms with E-state index in [2.05, 4.69) is 62.6 Å². The van der Waals surface area contributed by atoms with Crippen LogP contribution in [0.4, 0.5) is 0 Å². The van der Waals surface area contributed by atoms with Crippen molar-refractivity contribution < 1.29 is 0 Å². The third kappa shape index (κ3) is 15.5. The molecule has 0 fully saturated rings. The molecule has 2 heteroatoms. The van der Waals surface area contributed by atoms with Gasteiger partial charge in [-0.25, -0.2) is 0 Å². The third-order valence-electron chi connectivity index (χ3n) is 6.59. The van der Waals surface area contributed by atoms with E-state index in [9.17, 15) is 0 Å². The Kier molecular flexibility index (Phi) is 19.1. The lowest BCUT2D eigenvalue weighted by molar-refractivity contribution is 0.160. The van der Waals surface area contributed by atoms with E-state index in [0.717, 1.165) is 6.54 Å². The Morgan fingerprint density at radius 1 is 0.710 bits per heavy atom. The Hall–Kier alpha value is -0.950. The van der Waals surface area contributed by atoms with Crippen molar-refractivity contribution in [1.82, 2.24) is 4.90 Å². The fourth-order valence-electron chi connectivity index (χ4n) is 4.38. The van der Waals surface area contributed by atoms with Crippen LogP contribution in [-0.2, 0) is 6.54 Å². The number of halogens is 1. The standard InChI is InChI=1S/C29H51N.ClH/c1-5-7-8-9-10-11-12-13-14-15-16-17-18-19-23-26-29(3,4)30(6-2)27-28-24-21-20-22-25-28;/h6,20-22,24-25H,2,5,7-19,23,26-27H2,1,3-4H3;1H. The van der Waals surface area contributed by atoms with Gasteiger partial charge in [0, 0.05) is 12.1 Å². The summed E-state index contributed by atoms with van der Waals surface area (Å²) in [4.78, 5) is 2.41. The SMILES string of the molecule is C=CN(Cc1ccccc1)C(C)(C)CCCCCCCCCCCCCCCCC.Cl. The molecule has 0 saturated heterocycles. The lowest BCUT2D eigenvalue weighted by Gasteiger charge is -2.38. The summed E-state index contributed by atoms with van der Waals surface area (Å²) in [5.74, 6) is 0. The van der Waals surface area contributed by atoms with Crippen LogP contribution in [0.5, 0.6) is 0 Å². The number of benzene rings is 1. The molecule has 0 bridgehead atoms. The molecule has 1 nitrogen and oxygen atoms in total. The zero-order valence-corrected chi connectivity index (χ0v) is 21.9. The van der Waals surface area contributed by atoms with Gasteiger partial charge in [-0.15, -0.1) is 12.4 Å². The van der Waals surface area contributed by atoms with E-state index in [1.165, 1.54) is 108 Å². The summed E-state index contributed by atoms with van der Waals surface area (Å²) in [6, 6.07) is 10.7. The zero-order chi connectivity index (χ0) is 21.9. The zero-order valence-electron chi connectivity index (χ0n) is 21.0. The smallest absolute Gasteiger partial charge is 0.0429 e. The number of nitrogens with zero attached hydrogens (tertiary/aromatic N) is 1. The molecule has 0 aliphatic rings. The molecule has 0 aromatic heterocycles. The van der Waals surface area contributed by atoms with Gasteiger partial charge >= 0.3 is 0 Å². The average molecular weight is 450 g/mol. The van der Waals surface area contributed by atoms with Crippen LogP contribution >= 0.6 is 12.4 Å². The van der Waals surface area contributed by atoms with Crippen LogP contribution < -0.4 is 0 Å². The van der Waals surface area contributed by atoms with Crippen molar-refractivity contribution in [2.24, 2.45) is 0 Å². The molecule has 0 atom stereocenters. The fourth-order valence-corrected chi connectivity index (χ4v) is 4.38. The minimum Gasteiger partial charge on any atom is -0.369 e. The quantitative estimate of drug-likeness (QED) is 0.179. The lowest BCUT2D eigenvalue weighted by atomic mass is 9.93. The number of hydrogen-bond donors (Lipinski definition) is 0. The predicted molar refractivity (Wildman–Crippen MR) is 143 cm³/mol. The molecular formula is C29H52ClN. The van der Waals surface area contributed by atoms with Gasteiger partial charge < -0.3 is 4.90 Å². The molecule has 31 heavy (non-hydrogen) atoms. The Morgan fingerprint density at radius 2 is 1.13 bits per heavy atom. The molecule has 0 spiro atoms. The first kappa shape index (κ1) is 30.0. The van der Waals surface area contributed by atoms with Gasteiger partial charge in [0.15, 0.2) is 0 Å². The molecule has 180 valence electrons. The molecule has 0 aliphatic heterocycles. The second-order valence-corrected chi connectivity index (χ2v) is 9.81. The molecule has 1 rings (SSSR count). The molecule has 1 aromatic rings. The summed E-state index contributed by atoms with van der Waals surface area (Å²) in [5.41, 5.74) is 1.54. The van der Waals surface area contributed by atoms with Crippen LogP contribution in [0.25, 0.3) is 0 Å². The summed E-state index contributed by atoms with van der Waals surface area (Å²) in [6.07, 6.45) is 24.7. The number of hydrogen-bond acceptors (Lipinski definition) is 1. The van der Waals surface area contributed by atoms with Crippen LogP contribution in [0.3, 0.4) is 0 Å². The molecule has 0 saturated carbocycles. The van der Waals surface area contributed by atoms with Crippen LogP contribution in [0.1, 0.15) is 129 Å². The first-order valence-electron chi connectivity index (χ1n) is 13.0. The molecule has 0 unspecified atom stereocenters. The normalized spacial score (nSPS) is 11.2. The molecule has 0 amide bonds. The lowest BCUT2D eigenvalue weighted by Crippen LogP contribution is -2.39. The van der Waals surface area contributed by atoms with E-state index in [1.807, 2.05) is 6.20 Å². The summed E-state index contributed by atoms with van der Waals surface area (Å²) < 4.78 is 0. The van der Waals surface area contributed by atoms with Gasteiger partial charge in [0.1, 0.15) is 0 Å². The van der Waals surface area contributed by atoms with E-state index in [0.29, 0.717) is 0 Å². The highest BCUT2D eigenvalue weighted by molar-refractivity contribution is 5.85. The second kappa shape index (κ2) is 19.7. The van der Waals surface area contributed by atoms with Gasteiger partial charge in [-0.3, -0.25) is 0 Å². The van der Waals surface area contributed by atoms with E-state index in [1.54, 1.807) is 0 Å². The minimum atomic E-state index is 0. The van der Waals surface area contributed by atoms with Crippen molar-refractivity contribution in [1.29, 1.82) is 0 Å². The highest BCUT2D eigenvalue weighted by Crippen LogP contribution is 2.25. The van der Waals surface area contributed by atoms with Crippen molar-refractivity contribution in [2.75, 3.05) is 0 Å². The van der Waals surface area contributed by atoms with E-state index < -0.39 is 0 Å². The maximum atomic E-state index is 4.07. The summed E-state index contributed by atoms with van der Waals surface area (Å²) >= 11 is 0. The van der Waals surface area contributed by atoms with Gasteiger partial charge in [-0.2, -0.15) is 0 Å². The van der Waals surface area contributed by atoms with Crippen LogP contribution in [0.15, 0.2) is 43.1 Å². The van der Waals surface area contributed by atoms with Crippen molar-refractivity contribution in [3.8, 4) is 0 Å². The molecule has 0 heterocycles. The fraction of sp³-hybridized carbons (Fsp3) is 0.724. The Morgan fingerprint density at radius 3 is 1.55 bits per heavy atom. The first-order valence-corrected chi connectivity index (χ1v) is 13.0. The van der Waals surface area contributed by atoms with E-state index in [4.69, 9.17) is 0 Å². The second-order valence-electron chi connectivity index (χ2n) is 9.81.